The van der Waals surface area contributed by atoms with Gasteiger partial charge in [-0.15, -0.1) is 11.6 Å². The summed E-state index contributed by atoms with van der Waals surface area (Å²) in [5.41, 5.74) is 1.48. The molecular weight excluding hydrogens is 244 g/mol. The SMILES string of the molecule is COCCN(C)c1ccc([N+](=O)[O-])c(CCl)c1. The molecule has 0 aliphatic carbocycles. The summed E-state index contributed by atoms with van der Waals surface area (Å²) in [6.07, 6.45) is 0. The van der Waals surface area contributed by atoms with Crippen molar-refractivity contribution in [1.82, 2.24) is 0 Å². The second kappa shape index (κ2) is 6.42. The second-order valence-corrected chi connectivity index (χ2v) is 3.89. The van der Waals surface area contributed by atoms with Gasteiger partial charge in [0.15, 0.2) is 0 Å². The third-order valence-corrected chi connectivity index (χ3v) is 2.76. The summed E-state index contributed by atoms with van der Waals surface area (Å²) in [5, 5.41) is 10.7. The van der Waals surface area contributed by atoms with E-state index in [-0.39, 0.29) is 11.6 Å². The molecule has 94 valence electrons. The van der Waals surface area contributed by atoms with Crippen molar-refractivity contribution in [3.63, 3.8) is 0 Å². The Morgan fingerprint density at radius 1 is 1.53 bits per heavy atom. The molecule has 6 heteroatoms. The molecule has 0 fully saturated rings. The van der Waals surface area contributed by atoms with Crippen LogP contribution in [0.4, 0.5) is 11.4 Å². The normalized spacial score (nSPS) is 10.3. The Morgan fingerprint density at radius 2 is 2.24 bits per heavy atom. The Kier molecular flexibility index (Phi) is 5.18. The van der Waals surface area contributed by atoms with Crippen molar-refractivity contribution < 1.29 is 9.66 Å². The average Bonchev–Trinajstić information content (AvgIpc) is 2.34. The molecule has 0 aliphatic heterocycles. The molecule has 0 saturated heterocycles. The van der Waals surface area contributed by atoms with Gasteiger partial charge in [0.2, 0.25) is 0 Å². The lowest BCUT2D eigenvalue weighted by atomic mass is 10.1. The van der Waals surface area contributed by atoms with E-state index in [0.717, 1.165) is 12.2 Å². The molecule has 5 nitrogen and oxygen atoms in total. The Hall–Kier alpha value is -1.33. The van der Waals surface area contributed by atoms with Crippen molar-refractivity contribution in [3.05, 3.63) is 33.9 Å². The van der Waals surface area contributed by atoms with E-state index in [2.05, 4.69) is 0 Å². The first kappa shape index (κ1) is 13.7. The molecule has 0 N–H and O–H groups in total. The number of nitro benzene ring substituents is 1. The first-order valence-corrected chi connectivity index (χ1v) is 5.67. The summed E-state index contributed by atoms with van der Waals surface area (Å²) in [6, 6.07) is 4.93. The number of rotatable bonds is 6. The lowest BCUT2D eigenvalue weighted by Crippen LogP contribution is -2.22. The van der Waals surface area contributed by atoms with Gasteiger partial charge in [-0.2, -0.15) is 0 Å². The molecule has 0 radical (unpaired) electrons. The first-order valence-electron chi connectivity index (χ1n) is 5.13. The standard InChI is InChI=1S/C11H15ClN2O3/c1-13(5-6-17-2)10-3-4-11(14(15)16)9(7-10)8-12/h3-4,7H,5-6,8H2,1-2H3. The predicted octanol–water partition coefficient (Wildman–Crippen LogP) is 2.42. The van der Waals surface area contributed by atoms with Crippen LogP contribution in [0.25, 0.3) is 0 Å². The smallest absolute Gasteiger partial charge is 0.273 e. The highest BCUT2D eigenvalue weighted by molar-refractivity contribution is 6.17. The maximum absolute atomic E-state index is 10.7. The number of nitrogens with zero attached hydrogens (tertiary/aromatic N) is 2. The summed E-state index contributed by atoms with van der Waals surface area (Å²) >= 11 is 5.71. The number of hydrogen-bond acceptors (Lipinski definition) is 4. The van der Waals surface area contributed by atoms with Crippen molar-refractivity contribution in [2.45, 2.75) is 5.88 Å². The number of likely N-dealkylation sites (N-methyl/N-ethyl adjacent to an activating group) is 1. The van der Waals surface area contributed by atoms with Gasteiger partial charge in [0.25, 0.3) is 5.69 Å². The number of nitro groups is 1. The summed E-state index contributed by atoms with van der Waals surface area (Å²) < 4.78 is 4.98. The van der Waals surface area contributed by atoms with E-state index in [1.807, 2.05) is 11.9 Å². The highest BCUT2D eigenvalue weighted by atomic mass is 35.5. The van der Waals surface area contributed by atoms with Gasteiger partial charge in [0.05, 0.1) is 17.4 Å². The van der Waals surface area contributed by atoms with E-state index in [9.17, 15) is 10.1 Å². The van der Waals surface area contributed by atoms with Gasteiger partial charge in [-0.1, -0.05) is 0 Å². The molecule has 0 aromatic heterocycles. The molecule has 1 aromatic rings. The maximum atomic E-state index is 10.7. The number of hydrogen-bond donors (Lipinski definition) is 0. The van der Waals surface area contributed by atoms with Crippen LogP contribution < -0.4 is 4.90 Å². The van der Waals surface area contributed by atoms with Crippen molar-refractivity contribution in [1.29, 1.82) is 0 Å². The van der Waals surface area contributed by atoms with Gasteiger partial charge in [-0.25, -0.2) is 0 Å². The largest absolute Gasteiger partial charge is 0.383 e. The van der Waals surface area contributed by atoms with Crippen LogP contribution >= 0.6 is 11.6 Å². The minimum Gasteiger partial charge on any atom is -0.383 e. The number of ether oxygens (including phenoxy) is 1. The number of anilines is 1. The van der Waals surface area contributed by atoms with Crippen LogP contribution in [0.15, 0.2) is 18.2 Å². The molecule has 0 spiro atoms. The topological polar surface area (TPSA) is 55.6 Å². The van der Waals surface area contributed by atoms with Crippen molar-refractivity contribution in [3.8, 4) is 0 Å². The summed E-state index contributed by atoms with van der Waals surface area (Å²) in [7, 11) is 3.53. The van der Waals surface area contributed by atoms with Gasteiger partial charge >= 0.3 is 0 Å². The first-order chi connectivity index (χ1) is 8.10. The van der Waals surface area contributed by atoms with Gasteiger partial charge < -0.3 is 9.64 Å². The quantitative estimate of drug-likeness (QED) is 0.447. The fraction of sp³-hybridized carbons (Fsp3) is 0.455. The van der Waals surface area contributed by atoms with Gasteiger partial charge in [0.1, 0.15) is 0 Å². The van der Waals surface area contributed by atoms with Crippen LogP contribution in [0.1, 0.15) is 5.56 Å². The highest BCUT2D eigenvalue weighted by Gasteiger charge is 2.14. The van der Waals surface area contributed by atoms with Crippen LogP contribution in [-0.2, 0) is 10.6 Å². The molecule has 0 bridgehead atoms. The Bertz CT molecular complexity index is 398. The number of methoxy groups -OCH3 is 1. The van der Waals surface area contributed by atoms with E-state index in [1.54, 1.807) is 19.2 Å². The molecule has 1 rings (SSSR count). The van der Waals surface area contributed by atoms with Crippen molar-refractivity contribution in [2.24, 2.45) is 0 Å². The van der Waals surface area contributed by atoms with E-state index in [1.165, 1.54) is 6.07 Å². The monoisotopic (exact) mass is 258 g/mol. The fourth-order valence-electron chi connectivity index (χ4n) is 1.45. The average molecular weight is 259 g/mol. The zero-order valence-corrected chi connectivity index (χ0v) is 10.6. The molecule has 0 unspecified atom stereocenters. The van der Waals surface area contributed by atoms with Gasteiger partial charge in [0, 0.05) is 38.0 Å². The molecular formula is C11H15ClN2O3. The minimum atomic E-state index is -0.420. The summed E-state index contributed by atoms with van der Waals surface area (Å²) in [4.78, 5) is 12.3. The third-order valence-electron chi connectivity index (χ3n) is 2.48. The molecule has 1 aromatic carbocycles. The Labute approximate surface area is 105 Å². The lowest BCUT2D eigenvalue weighted by Gasteiger charge is -2.19. The molecule has 17 heavy (non-hydrogen) atoms. The second-order valence-electron chi connectivity index (χ2n) is 3.62. The van der Waals surface area contributed by atoms with E-state index in [4.69, 9.17) is 16.3 Å². The van der Waals surface area contributed by atoms with Crippen LogP contribution in [0.2, 0.25) is 0 Å². The summed E-state index contributed by atoms with van der Waals surface area (Å²) in [5.74, 6) is 0.127. The molecule has 0 atom stereocenters. The summed E-state index contributed by atoms with van der Waals surface area (Å²) in [6.45, 7) is 1.32. The molecule has 0 heterocycles. The van der Waals surface area contributed by atoms with Gasteiger partial charge in [-0.3, -0.25) is 10.1 Å². The number of benzene rings is 1. The van der Waals surface area contributed by atoms with Crippen LogP contribution in [0.5, 0.6) is 0 Å². The van der Waals surface area contributed by atoms with E-state index >= 15 is 0 Å². The van der Waals surface area contributed by atoms with E-state index < -0.39 is 4.92 Å². The molecule has 0 amide bonds. The van der Waals surface area contributed by atoms with Crippen molar-refractivity contribution >= 4 is 23.0 Å². The maximum Gasteiger partial charge on any atom is 0.273 e. The number of halogens is 1. The highest BCUT2D eigenvalue weighted by Crippen LogP contribution is 2.25. The Balaban J connectivity index is 2.92. The molecule has 0 aliphatic rings. The number of alkyl halides is 1. The lowest BCUT2D eigenvalue weighted by molar-refractivity contribution is -0.385. The van der Waals surface area contributed by atoms with Crippen LogP contribution in [-0.4, -0.2) is 32.2 Å². The van der Waals surface area contributed by atoms with Crippen LogP contribution in [0.3, 0.4) is 0 Å². The zero-order valence-electron chi connectivity index (χ0n) is 9.85. The van der Waals surface area contributed by atoms with Gasteiger partial charge in [-0.05, 0) is 12.1 Å². The predicted molar refractivity (Wildman–Crippen MR) is 67.8 cm³/mol. The Morgan fingerprint density at radius 3 is 2.76 bits per heavy atom. The third kappa shape index (κ3) is 3.57. The van der Waals surface area contributed by atoms with Crippen LogP contribution in [0, 0.1) is 10.1 Å². The molecule has 0 saturated carbocycles. The zero-order chi connectivity index (χ0) is 12.8. The minimum absolute atomic E-state index is 0.0592. The fourth-order valence-corrected chi connectivity index (χ4v) is 1.67. The van der Waals surface area contributed by atoms with Crippen molar-refractivity contribution in [2.75, 3.05) is 32.2 Å². The van der Waals surface area contributed by atoms with E-state index in [0.29, 0.717) is 12.2 Å².